The van der Waals surface area contributed by atoms with Gasteiger partial charge in [0.25, 0.3) is 5.95 Å². The molecule has 3 aromatic carbocycles. The van der Waals surface area contributed by atoms with E-state index < -0.39 is 0 Å². The van der Waals surface area contributed by atoms with Crippen LogP contribution in [0.3, 0.4) is 0 Å². The molecule has 0 radical (unpaired) electrons. The van der Waals surface area contributed by atoms with Gasteiger partial charge in [-0.15, -0.1) is 0 Å². The smallest absolute Gasteiger partial charge is 0.251 e. The molecule has 1 atom stereocenters. The summed E-state index contributed by atoms with van der Waals surface area (Å²) in [7, 11) is 0. The number of hydrogen-bond acceptors (Lipinski definition) is 6. The van der Waals surface area contributed by atoms with Gasteiger partial charge in [-0.25, -0.2) is 4.39 Å². The minimum Gasteiger partial charge on any atom is -0.368 e. The number of nitrogens with zero attached hydrogens (tertiary/aromatic N) is 7. The van der Waals surface area contributed by atoms with E-state index in [0.29, 0.717) is 32.1 Å². The number of hydrogen-bond donors (Lipinski definition) is 0. The van der Waals surface area contributed by atoms with Gasteiger partial charge in [0.15, 0.2) is 0 Å². The minimum atomic E-state index is -0.252. The van der Waals surface area contributed by atoms with Crippen molar-refractivity contribution in [2.75, 3.05) is 42.5 Å². The van der Waals surface area contributed by atoms with Gasteiger partial charge in [0.2, 0.25) is 5.91 Å². The average Bonchev–Trinajstić information content (AvgIpc) is 3.45. The fourth-order valence-electron chi connectivity index (χ4n) is 5.09. The molecule has 0 unspecified atom stereocenters. The van der Waals surface area contributed by atoms with Gasteiger partial charge in [-0.3, -0.25) is 9.69 Å². The molecule has 6 rings (SSSR count). The van der Waals surface area contributed by atoms with Crippen molar-refractivity contribution in [3.05, 3.63) is 107 Å². The molecular weight excluding hydrogens is 481 g/mol. The molecule has 4 aromatic rings. The molecule has 2 aliphatic heterocycles. The number of carbonyl (C=O) groups excluding carboxylic acids is 1. The number of fused-ring (bicyclic) bond motifs is 1. The summed E-state index contributed by atoms with van der Waals surface area (Å²) in [6, 6.07) is 24.7. The normalized spacial score (nSPS) is 17.3. The monoisotopic (exact) mass is 509 g/mol. The maximum atomic E-state index is 13.6. The lowest BCUT2D eigenvalue weighted by molar-refractivity contribution is -0.129. The third-order valence-corrected chi connectivity index (χ3v) is 7.19. The molecule has 2 aliphatic rings. The second kappa shape index (κ2) is 10.1. The van der Waals surface area contributed by atoms with Crippen molar-refractivity contribution in [1.29, 1.82) is 0 Å². The first-order valence-corrected chi connectivity index (χ1v) is 12.7. The molecule has 1 saturated heterocycles. The number of tetrazole rings is 1. The van der Waals surface area contributed by atoms with Crippen molar-refractivity contribution in [2.45, 2.75) is 13.0 Å². The third-order valence-electron chi connectivity index (χ3n) is 7.19. The Labute approximate surface area is 220 Å². The Morgan fingerprint density at radius 3 is 2.34 bits per heavy atom. The van der Waals surface area contributed by atoms with Crippen molar-refractivity contribution < 1.29 is 9.18 Å². The van der Waals surface area contributed by atoms with Crippen molar-refractivity contribution in [3.8, 4) is 0 Å². The van der Waals surface area contributed by atoms with E-state index in [9.17, 15) is 9.18 Å². The summed E-state index contributed by atoms with van der Waals surface area (Å²) in [5.74, 6) is 0.295. The lowest BCUT2D eigenvalue weighted by atomic mass is 10.00. The first-order valence-electron chi connectivity index (χ1n) is 12.7. The fourth-order valence-corrected chi connectivity index (χ4v) is 5.09. The number of allylic oxidation sites excluding steroid dienone is 1. The van der Waals surface area contributed by atoms with E-state index in [4.69, 9.17) is 0 Å². The molecule has 1 fully saturated rings. The van der Waals surface area contributed by atoms with Crippen LogP contribution in [-0.4, -0.2) is 63.7 Å². The standard InChI is InChI=1S/C29H28FN7O/c1-21-7-9-23(10-8-21)26-19-27(22-5-3-2-4-6-22)37-29(31-32-33-37)36(26)20-28(38)35-17-15-34(16-18-35)25-13-11-24(30)12-14-25/h2-14,19,27H,15-18,20H2,1H3/t27-/m1/s1. The Hall–Kier alpha value is -4.53. The zero-order valence-corrected chi connectivity index (χ0v) is 21.1. The second-order valence-corrected chi connectivity index (χ2v) is 9.63. The molecule has 0 bridgehead atoms. The van der Waals surface area contributed by atoms with E-state index in [1.807, 2.05) is 28.0 Å². The first-order chi connectivity index (χ1) is 18.6. The Morgan fingerprint density at radius 2 is 1.63 bits per heavy atom. The molecule has 8 nitrogen and oxygen atoms in total. The summed E-state index contributed by atoms with van der Waals surface area (Å²) in [6.07, 6.45) is 2.13. The van der Waals surface area contributed by atoms with Crippen LogP contribution in [0.1, 0.15) is 22.7 Å². The maximum absolute atomic E-state index is 13.6. The maximum Gasteiger partial charge on any atom is 0.251 e. The highest BCUT2D eigenvalue weighted by molar-refractivity contribution is 5.89. The van der Waals surface area contributed by atoms with Crippen molar-refractivity contribution in [1.82, 2.24) is 25.1 Å². The number of anilines is 2. The van der Waals surface area contributed by atoms with E-state index in [-0.39, 0.29) is 24.3 Å². The van der Waals surface area contributed by atoms with Gasteiger partial charge >= 0.3 is 0 Å². The third kappa shape index (κ3) is 4.63. The van der Waals surface area contributed by atoms with E-state index in [1.165, 1.54) is 12.1 Å². The summed E-state index contributed by atoms with van der Waals surface area (Å²) in [5.41, 5.74) is 5.09. The van der Waals surface area contributed by atoms with Gasteiger partial charge < -0.3 is 9.80 Å². The number of rotatable bonds is 5. The van der Waals surface area contributed by atoms with E-state index >= 15 is 0 Å². The SMILES string of the molecule is Cc1ccc(C2=C[C@H](c3ccccc3)n3nnnc3N2CC(=O)N2CCN(c3ccc(F)cc3)CC2)cc1. The summed E-state index contributed by atoms with van der Waals surface area (Å²) in [6.45, 7) is 4.73. The number of halogens is 1. The molecule has 0 aliphatic carbocycles. The number of benzene rings is 3. The number of amides is 1. The van der Waals surface area contributed by atoms with Crippen LogP contribution in [0.4, 0.5) is 16.0 Å². The Morgan fingerprint density at radius 1 is 0.921 bits per heavy atom. The van der Waals surface area contributed by atoms with E-state index in [0.717, 1.165) is 28.1 Å². The van der Waals surface area contributed by atoms with Crippen LogP contribution in [-0.2, 0) is 4.79 Å². The highest BCUT2D eigenvalue weighted by Crippen LogP contribution is 2.36. The van der Waals surface area contributed by atoms with Crippen LogP contribution in [0.15, 0.2) is 84.9 Å². The van der Waals surface area contributed by atoms with Gasteiger partial charge in [-0.1, -0.05) is 65.3 Å². The predicted octanol–water partition coefficient (Wildman–Crippen LogP) is 3.92. The summed E-state index contributed by atoms with van der Waals surface area (Å²) in [4.78, 5) is 19.5. The number of piperazine rings is 1. The van der Waals surface area contributed by atoms with Crippen molar-refractivity contribution in [3.63, 3.8) is 0 Å². The largest absolute Gasteiger partial charge is 0.368 e. The molecule has 0 N–H and O–H groups in total. The first kappa shape index (κ1) is 23.8. The van der Waals surface area contributed by atoms with Crippen molar-refractivity contribution >= 4 is 23.2 Å². The molecule has 3 heterocycles. The van der Waals surface area contributed by atoms with E-state index in [2.05, 4.69) is 69.8 Å². The molecule has 192 valence electrons. The zero-order valence-electron chi connectivity index (χ0n) is 21.1. The zero-order chi connectivity index (χ0) is 26.1. The second-order valence-electron chi connectivity index (χ2n) is 9.63. The molecule has 1 amide bonds. The van der Waals surface area contributed by atoms with Crippen LogP contribution in [0.25, 0.3) is 5.70 Å². The van der Waals surface area contributed by atoms with E-state index in [1.54, 1.807) is 16.8 Å². The van der Waals surface area contributed by atoms with Gasteiger partial charge in [0.05, 0.1) is 5.70 Å². The molecule has 9 heteroatoms. The lowest BCUT2D eigenvalue weighted by Crippen LogP contribution is -2.51. The number of carbonyl (C=O) groups is 1. The van der Waals surface area contributed by atoms with Gasteiger partial charge in [0.1, 0.15) is 18.4 Å². The van der Waals surface area contributed by atoms with Crippen LogP contribution in [0.2, 0.25) is 0 Å². The summed E-state index contributed by atoms with van der Waals surface area (Å²) >= 11 is 0. The van der Waals surface area contributed by atoms with Gasteiger partial charge in [-0.05, 0) is 58.8 Å². The predicted molar refractivity (Wildman–Crippen MR) is 144 cm³/mol. The molecule has 0 saturated carbocycles. The van der Waals surface area contributed by atoms with Crippen LogP contribution in [0, 0.1) is 12.7 Å². The topological polar surface area (TPSA) is 70.4 Å². The van der Waals surface area contributed by atoms with Gasteiger partial charge in [-0.2, -0.15) is 4.68 Å². The highest BCUT2D eigenvalue weighted by Gasteiger charge is 2.33. The quantitative estimate of drug-likeness (QED) is 0.406. The van der Waals surface area contributed by atoms with Crippen LogP contribution in [0.5, 0.6) is 0 Å². The van der Waals surface area contributed by atoms with Gasteiger partial charge in [0, 0.05) is 31.9 Å². The number of aromatic nitrogens is 4. The highest BCUT2D eigenvalue weighted by atomic mass is 19.1. The molecule has 1 aromatic heterocycles. The van der Waals surface area contributed by atoms with Crippen molar-refractivity contribution in [2.24, 2.45) is 0 Å². The van der Waals surface area contributed by atoms with Crippen LogP contribution < -0.4 is 9.80 Å². The number of aryl methyl sites for hydroxylation is 1. The molecule has 0 spiro atoms. The average molecular weight is 510 g/mol. The lowest BCUT2D eigenvalue weighted by Gasteiger charge is -2.38. The summed E-state index contributed by atoms with van der Waals surface area (Å²) < 4.78 is 15.1. The molecular formula is C29H28FN7O. The Kier molecular flexibility index (Phi) is 6.33. The minimum absolute atomic E-state index is 0.00878. The fraction of sp³-hybridized carbons (Fsp3) is 0.241. The van der Waals surface area contributed by atoms with Crippen LogP contribution >= 0.6 is 0 Å². The molecule has 38 heavy (non-hydrogen) atoms. The Balaban J connectivity index is 1.26. The summed E-state index contributed by atoms with van der Waals surface area (Å²) in [5, 5.41) is 12.6. The Bertz CT molecular complexity index is 1440.